The largest absolute Gasteiger partial charge is 0.325 e. The van der Waals surface area contributed by atoms with Crippen LogP contribution >= 0.6 is 0 Å². The first kappa shape index (κ1) is 14.2. The first-order valence-electron chi connectivity index (χ1n) is 6.44. The summed E-state index contributed by atoms with van der Waals surface area (Å²) in [4.78, 5) is 13.9. The predicted molar refractivity (Wildman–Crippen MR) is 77.2 cm³/mol. The standard InChI is InChI=1S/C14H19N5O/c1-10-4-5-13(11(2)6-10)18(3)14(20)9-19-8-12(7-15)16-17-19/h4-6,8H,7,9,15H2,1-3H3. The minimum absolute atomic E-state index is 0.0505. The van der Waals surface area contributed by atoms with Crippen LogP contribution in [0.15, 0.2) is 24.4 Å². The smallest absolute Gasteiger partial charge is 0.248 e. The topological polar surface area (TPSA) is 77.0 Å². The molecule has 1 amide bonds. The fraction of sp³-hybridized carbons (Fsp3) is 0.357. The van der Waals surface area contributed by atoms with Crippen molar-refractivity contribution in [1.29, 1.82) is 0 Å². The van der Waals surface area contributed by atoms with Gasteiger partial charge in [-0.25, -0.2) is 4.68 Å². The first-order chi connectivity index (χ1) is 9.51. The number of amides is 1. The predicted octanol–water partition coefficient (Wildman–Crippen LogP) is 1.02. The van der Waals surface area contributed by atoms with Crippen molar-refractivity contribution in [3.05, 3.63) is 41.2 Å². The van der Waals surface area contributed by atoms with Gasteiger partial charge in [0.05, 0.1) is 11.9 Å². The highest BCUT2D eigenvalue weighted by molar-refractivity contribution is 5.93. The molecule has 0 atom stereocenters. The van der Waals surface area contributed by atoms with Gasteiger partial charge >= 0.3 is 0 Å². The molecule has 106 valence electrons. The van der Waals surface area contributed by atoms with Crippen molar-refractivity contribution in [3.8, 4) is 0 Å². The molecule has 6 nitrogen and oxygen atoms in total. The van der Waals surface area contributed by atoms with Crippen molar-refractivity contribution in [2.45, 2.75) is 26.9 Å². The molecule has 0 saturated carbocycles. The lowest BCUT2D eigenvalue weighted by atomic mass is 10.1. The number of nitrogens with zero attached hydrogens (tertiary/aromatic N) is 4. The summed E-state index contributed by atoms with van der Waals surface area (Å²) in [5.74, 6) is -0.0505. The Morgan fingerprint density at radius 3 is 2.75 bits per heavy atom. The molecule has 1 aromatic carbocycles. The van der Waals surface area contributed by atoms with Crippen molar-refractivity contribution in [1.82, 2.24) is 15.0 Å². The number of benzene rings is 1. The Morgan fingerprint density at radius 1 is 1.40 bits per heavy atom. The van der Waals surface area contributed by atoms with E-state index in [1.807, 2.05) is 26.0 Å². The highest BCUT2D eigenvalue weighted by Crippen LogP contribution is 2.20. The van der Waals surface area contributed by atoms with Crippen molar-refractivity contribution < 1.29 is 4.79 Å². The average molecular weight is 273 g/mol. The summed E-state index contributed by atoms with van der Waals surface area (Å²) in [5, 5.41) is 7.74. The van der Waals surface area contributed by atoms with Gasteiger partial charge in [-0.2, -0.15) is 0 Å². The summed E-state index contributed by atoms with van der Waals surface area (Å²) < 4.78 is 1.50. The lowest BCUT2D eigenvalue weighted by Gasteiger charge is -2.19. The van der Waals surface area contributed by atoms with Crippen LogP contribution in [0.3, 0.4) is 0 Å². The molecule has 0 fully saturated rings. The second-order valence-electron chi connectivity index (χ2n) is 4.85. The third-order valence-corrected chi connectivity index (χ3v) is 3.18. The molecule has 6 heteroatoms. The lowest BCUT2D eigenvalue weighted by molar-refractivity contribution is -0.119. The van der Waals surface area contributed by atoms with Crippen molar-refractivity contribution in [2.75, 3.05) is 11.9 Å². The van der Waals surface area contributed by atoms with Gasteiger partial charge in [-0.3, -0.25) is 4.79 Å². The molecular formula is C14H19N5O. The van der Waals surface area contributed by atoms with Crippen LogP contribution in [0.5, 0.6) is 0 Å². The third-order valence-electron chi connectivity index (χ3n) is 3.18. The second-order valence-corrected chi connectivity index (χ2v) is 4.85. The zero-order chi connectivity index (χ0) is 14.7. The average Bonchev–Trinajstić information content (AvgIpc) is 2.85. The molecular weight excluding hydrogens is 254 g/mol. The quantitative estimate of drug-likeness (QED) is 0.902. The zero-order valence-electron chi connectivity index (χ0n) is 12.0. The van der Waals surface area contributed by atoms with E-state index < -0.39 is 0 Å². The molecule has 0 aliphatic rings. The molecule has 20 heavy (non-hydrogen) atoms. The molecule has 0 spiro atoms. The molecule has 0 unspecified atom stereocenters. The van der Waals surface area contributed by atoms with Gasteiger partial charge in [-0.05, 0) is 25.5 Å². The van der Waals surface area contributed by atoms with Gasteiger partial charge in [0, 0.05) is 19.3 Å². The van der Waals surface area contributed by atoms with Gasteiger partial charge in [0.1, 0.15) is 6.54 Å². The van der Waals surface area contributed by atoms with Crippen molar-refractivity contribution >= 4 is 11.6 Å². The number of anilines is 1. The fourth-order valence-electron chi connectivity index (χ4n) is 2.07. The fourth-order valence-corrected chi connectivity index (χ4v) is 2.07. The van der Waals surface area contributed by atoms with Crippen LogP contribution in [0, 0.1) is 13.8 Å². The van der Waals surface area contributed by atoms with E-state index >= 15 is 0 Å². The number of rotatable bonds is 4. The summed E-state index contributed by atoms with van der Waals surface area (Å²) in [7, 11) is 1.76. The van der Waals surface area contributed by atoms with Gasteiger partial charge in [0.2, 0.25) is 5.91 Å². The maximum absolute atomic E-state index is 12.3. The molecule has 0 aliphatic heterocycles. The molecule has 1 heterocycles. The van der Waals surface area contributed by atoms with Crippen LogP contribution in [0.25, 0.3) is 0 Å². The van der Waals surface area contributed by atoms with Crippen LogP contribution < -0.4 is 10.6 Å². The molecule has 1 aromatic heterocycles. The first-order valence-corrected chi connectivity index (χ1v) is 6.44. The number of nitrogens with two attached hydrogens (primary N) is 1. The number of hydrogen-bond donors (Lipinski definition) is 1. The van der Waals surface area contributed by atoms with Crippen LogP contribution in [0.1, 0.15) is 16.8 Å². The van der Waals surface area contributed by atoms with E-state index in [0.717, 1.165) is 11.3 Å². The van der Waals surface area contributed by atoms with Gasteiger partial charge in [-0.15, -0.1) is 5.10 Å². The minimum atomic E-state index is -0.0505. The van der Waals surface area contributed by atoms with E-state index in [4.69, 9.17) is 5.73 Å². The summed E-state index contributed by atoms with van der Waals surface area (Å²) >= 11 is 0. The Hall–Kier alpha value is -2.21. The molecule has 0 aliphatic carbocycles. The maximum Gasteiger partial charge on any atom is 0.248 e. The summed E-state index contributed by atoms with van der Waals surface area (Å²) in [6, 6.07) is 6.00. The van der Waals surface area contributed by atoms with Crippen LogP contribution in [-0.2, 0) is 17.9 Å². The Labute approximate surface area is 118 Å². The monoisotopic (exact) mass is 273 g/mol. The molecule has 0 radical (unpaired) electrons. The molecule has 0 saturated heterocycles. The van der Waals surface area contributed by atoms with Crippen LogP contribution in [0.2, 0.25) is 0 Å². The Kier molecular flexibility index (Phi) is 4.14. The summed E-state index contributed by atoms with van der Waals surface area (Å²) in [6.45, 7) is 4.49. The number of carbonyl (C=O) groups excluding carboxylic acids is 1. The van der Waals surface area contributed by atoms with Gasteiger partial charge < -0.3 is 10.6 Å². The van der Waals surface area contributed by atoms with E-state index in [9.17, 15) is 4.79 Å². The Balaban J connectivity index is 2.12. The van der Waals surface area contributed by atoms with Gasteiger partial charge in [-0.1, -0.05) is 22.9 Å². The number of aryl methyl sites for hydroxylation is 2. The lowest BCUT2D eigenvalue weighted by Crippen LogP contribution is -2.30. The minimum Gasteiger partial charge on any atom is -0.325 e. The van der Waals surface area contributed by atoms with Crippen LogP contribution in [0.4, 0.5) is 5.69 Å². The van der Waals surface area contributed by atoms with Crippen molar-refractivity contribution in [3.63, 3.8) is 0 Å². The SMILES string of the molecule is Cc1ccc(N(C)C(=O)Cn2cc(CN)nn2)c(C)c1. The number of likely N-dealkylation sites (N-methyl/N-ethyl adjacent to an activating group) is 1. The normalized spacial score (nSPS) is 10.6. The third kappa shape index (κ3) is 3.03. The summed E-state index contributed by atoms with van der Waals surface area (Å²) in [5.41, 5.74) is 9.29. The van der Waals surface area contributed by atoms with Gasteiger partial charge in [0.25, 0.3) is 0 Å². The zero-order valence-corrected chi connectivity index (χ0v) is 12.0. The Bertz CT molecular complexity index is 620. The van der Waals surface area contributed by atoms with Crippen molar-refractivity contribution in [2.24, 2.45) is 5.73 Å². The van der Waals surface area contributed by atoms with E-state index in [1.54, 1.807) is 18.1 Å². The maximum atomic E-state index is 12.3. The second kappa shape index (κ2) is 5.83. The molecule has 2 N–H and O–H groups in total. The van der Waals surface area contributed by atoms with E-state index in [1.165, 1.54) is 10.2 Å². The molecule has 2 aromatic rings. The number of aromatic nitrogens is 3. The highest BCUT2D eigenvalue weighted by Gasteiger charge is 2.14. The van der Waals surface area contributed by atoms with E-state index in [0.29, 0.717) is 12.2 Å². The van der Waals surface area contributed by atoms with E-state index in [-0.39, 0.29) is 12.5 Å². The Morgan fingerprint density at radius 2 is 2.15 bits per heavy atom. The highest BCUT2D eigenvalue weighted by atomic mass is 16.2. The number of hydrogen-bond acceptors (Lipinski definition) is 4. The van der Waals surface area contributed by atoms with Crippen LogP contribution in [-0.4, -0.2) is 27.9 Å². The van der Waals surface area contributed by atoms with E-state index in [2.05, 4.69) is 16.4 Å². The molecule has 0 bridgehead atoms. The summed E-state index contributed by atoms with van der Waals surface area (Å²) in [6.07, 6.45) is 1.69. The number of carbonyl (C=O) groups is 1. The van der Waals surface area contributed by atoms with Gasteiger partial charge in [0.15, 0.2) is 0 Å². The molecule has 2 rings (SSSR count).